The van der Waals surface area contributed by atoms with Crippen LogP contribution in [0.25, 0.3) is 0 Å². The summed E-state index contributed by atoms with van der Waals surface area (Å²) in [5.74, 6) is 0.671. The molecule has 0 bridgehead atoms. The van der Waals surface area contributed by atoms with Crippen molar-refractivity contribution in [1.29, 1.82) is 0 Å². The van der Waals surface area contributed by atoms with Gasteiger partial charge in [-0.05, 0) is 44.5 Å². The van der Waals surface area contributed by atoms with Crippen molar-refractivity contribution in [1.82, 2.24) is 3.89 Å². The molecule has 27 heavy (non-hydrogen) atoms. The molecule has 0 saturated carbocycles. The SMILES string of the molecule is CC1C(=O)[N+](c2ccccc2OCC2CO2)(C(C)C)Sc2cc(Cl)ccc21. The second kappa shape index (κ2) is 7.13. The molecule has 2 aliphatic rings. The van der Waals surface area contributed by atoms with E-state index in [-0.39, 0.29) is 27.9 Å². The van der Waals surface area contributed by atoms with Crippen LogP contribution in [-0.4, -0.2) is 31.3 Å². The van der Waals surface area contributed by atoms with Gasteiger partial charge in [-0.3, -0.25) is 0 Å². The zero-order chi connectivity index (χ0) is 19.2. The molecule has 0 aromatic heterocycles. The third-order valence-corrected chi connectivity index (χ3v) is 7.03. The average Bonchev–Trinajstić information content (AvgIpc) is 3.47. The van der Waals surface area contributed by atoms with Crippen LogP contribution < -0.4 is 8.63 Å². The fourth-order valence-electron chi connectivity index (χ4n) is 3.57. The lowest BCUT2D eigenvalue weighted by Crippen LogP contribution is -2.56. The molecule has 2 aromatic rings. The standard InChI is InChI=1S/C21H23ClNO3S/c1-13(2)23(18-6-4-5-7-19(18)26-12-16-11-25-16)21(24)14(3)17-9-8-15(22)10-20(17)27-23/h4-10,13-14,16H,11-12H2,1-3H3/q+1. The molecule has 0 N–H and O–H groups in total. The molecule has 2 heterocycles. The van der Waals surface area contributed by atoms with Gasteiger partial charge in [0, 0.05) is 11.1 Å². The number of nitrogens with zero attached hydrogens (tertiary/aromatic N) is 1. The van der Waals surface area contributed by atoms with Gasteiger partial charge in [0.25, 0.3) is 0 Å². The highest BCUT2D eigenvalue weighted by Crippen LogP contribution is 2.52. The monoisotopic (exact) mass is 404 g/mol. The third kappa shape index (κ3) is 3.27. The number of carbonyl (C=O) groups excluding carboxylic acids is 1. The van der Waals surface area contributed by atoms with Crippen molar-refractivity contribution in [2.45, 2.75) is 43.7 Å². The first-order chi connectivity index (χ1) is 12.9. The molecule has 3 atom stereocenters. The Labute approximate surface area is 169 Å². The van der Waals surface area contributed by atoms with Gasteiger partial charge in [-0.15, -0.1) is 0 Å². The minimum atomic E-state index is -0.222. The lowest BCUT2D eigenvalue weighted by Gasteiger charge is -2.42. The van der Waals surface area contributed by atoms with E-state index in [1.807, 2.05) is 49.4 Å². The van der Waals surface area contributed by atoms with Crippen molar-refractivity contribution >= 4 is 35.1 Å². The molecule has 1 fully saturated rings. The van der Waals surface area contributed by atoms with Crippen LogP contribution in [0.4, 0.5) is 5.69 Å². The van der Waals surface area contributed by atoms with Crippen LogP contribution in [0.1, 0.15) is 32.3 Å². The smallest absolute Gasteiger partial charge is 0.338 e. The highest BCUT2D eigenvalue weighted by molar-refractivity contribution is 7.99. The molecule has 0 aliphatic carbocycles. The molecule has 4 rings (SSSR count). The minimum Gasteiger partial charge on any atom is -0.485 e. The van der Waals surface area contributed by atoms with Gasteiger partial charge in [-0.1, -0.05) is 29.8 Å². The Morgan fingerprint density at radius 3 is 2.74 bits per heavy atom. The van der Waals surface area contributed by atoms with Crippen LogP contribution in [-0.2, 0) is 9.53 Å². The van der Waals surface area contributed by atoms with E-state index in [9.17, 15) is 4.79 Å². The van der Waals surface area contributed by atoms with E-state index in [1.165, 1.54) is 0 Å². The number of halogens is 1. The number of rotatable bonds is 5. The van der Waals surface area contributed by atoms with Gasteiger partial charge in [0.2, 0.25) is 0 Å². The summed E-state index contributed by atoms with van der Waals surface area (Å²) in [5, 5.41) is 0.681. The molecule has 3 unspecified atom stereocenters. The van der Waals surface area contributed by atoms with Crippen molar-refractivity contribution in [3.8, 4) is 5.75 Å². The van der Waals surface area contributed by atoms with Gasteiger partial charge in [0.05, 0.1) is 17.4 Å². The summed E-state index contributed by atoms with van der Waals surface area (Å²) in [6.45, 7) is 7.38. The zero-order valence-corrected chi connectivity index (χ0v) is 17.2. The number of epoxide rings is 1. The topological polar surface area (TPSA) is 38.8 Å². The Kier molecular flexibility index (Phi) is 4.97. The highest BCUT2D eigenvalue weighted by atomic mass is 35.5. The fraction of sp³-hybridized carbons (Fsp3) is 0.381. The van der Waals surface area contributed by atoms with Gasteiger partial charge in [0.15, 0.2) is 11.4 Å². The number of hydrogen-bond acceptors (Lipinski definition) is 4. The quantitative estimate of drug-likeness (QED) is 0.391. The van der Waals surface area contributed by atoms with Crippen molar-refractivity contribution < 1.29 is 14.3 Å². The van der Waals surface area contributed by atoms with E-state index >= 15 is 0 Å². The minimum absolute atomic E-state index is 0.0269. The van der Waals surface area contributed by atoms with E-state index in [1.54, 1.807) is 11.9 Å². The summed E-state index contributed by atoms with van der Waals surface area (Å²) < 4.78 is 11.5. The first-order valence-electron chi connectivity index (χ1n) is 9.19. The van der Waals surface area contributed by atoms with E-state index in [4.69, 9.17) is 21.1 Å². The molecule has 0 radical (unpaired) electrons. The second-order valence-electron chi connectivity index (χ2n) is 7.32. The summed E-state index contributed by atoms with van der Waals surface area (Å²) in [7, 11) is 0. The number of amides is 1. The van der Waals surface area contributed by atoms with Crippen LogP contribution in [0.2, 0.25) is 5.02 Å². The van der Waals surface area contributed by atoms with E-state index < -0.39 is 0 Å². The van der Waals surface area contributed by atoms with Gasteiger partial charge in [0.1, 0.15) is 30.7 Å². The zero-order valence-electron chi connectivity index (χ0n) is 15.6. The maximum absolute atomic E-state index is 13.7. The Morgan fingerprint density at radius 2 is 2.04 bits per heavy atom. The van der Waals surface area contributed by atoms with Crippen LogP contribution in [0, 0.1) is 0 Å². The molecule has 2 aromatic carbocycles. The predicted octanol–water partition coefficient (Wildman–Crippen LogP) is 5.18. The van der Waals surface area contributed by atoms with Gasteiger partial charge >= 0.3 is 5.91 Å². The van der Waals surface area contributed by atoms with Crippen LogP contribution in [0.5, 0.6) is 5.75 Å². The Morgan fingerprint density at radius 1 is 1.30 bits per heavy atom. The normalized spacial score (nSPS) is 26.8. The number of carbonyl (C=O) groups is 1. The second-order valence-corrected chi connectivity index (χ2v) is 8.95. The highest BCUT2D eigenvalue weighted by Gasteiger charge is 2.53. The van der Waals surface area contributed by atoms with Crippen LogP contribution in [0.3, 0.4) is 0 Å². The van der Waals surface area contributed by atoms with Crippen molar-refractivity contribution in [2.24, 2.45) is 0 Å². The van der Waals surface area contributed by atoms with Crippen molar-refractivity contribution in [3.63, 3.8) is 0 Å². The molecule has 4 nitrogen and oxygen atoms in total. The summed E-state index contributed by atoms with van der Waals surface area (Å²) in [6.07, 6.45) is 0.161. The largest absolute Gasteiger partial charge is 0.485 e. The molecular formula is C21H23ClNO3S+. The summed E-state index contributed by atoms with van der Waals surface area (Å²) >= 11 is 7.81. The van der Waals surface area contributed by atoms with Crippen LogP contribution >= 0.6 is 23.5 Å². The van der Waals surface area contributed by atoms with Crippen LogP contribution in [0.15, 0.2) is 47.4 Å². The number of fused-ring (bicyclic) bond motifs is 1. The molecule has 1 saturated heterocycles. The number of para-hydroxylation sites is 2. The first kappa shape index (κ1) is 18.8. The Balaban J connectivity index is 1.83. The summed E-state index contributed by atoms with van der Waals surface area (Å²) in [6, 6.07) is 13.6. The third-order valence-electron chi connectivity index (χ3n) is 5.16. The van der Waals surface area contributed by atoms with Crippen molar-refractivity contribution in [2.75, 3.05) is 13.2 Å². The van der Waals surface area contributed by atoms with Crippen molar-refractivity contribution in [3.05, 3.63) is 53.1 Å². The fourth-order valence-corrected chi connectivity index (χ4v) is 5.36. The number of quaternary nitrogens is 1. The molecule has 2 aliphatic heterocycles. The average molecular weight is 405 g/mol. The van der Waals surface area contributed by atoms with E-state index in [0.717, 1.165) is 28.5 Å². The van der Waals surface area contributed by atoms with Gasteiger partial charge in [-0.2, -0.15) is 3.89 Å². The van der Waals surface area contributed by atoms with Gasteiger partial charge in [-0.25, -0.2) is 4.79 Å². The number of ether oxygens (including phenoxy) is 2. The van der Waals surface area contributed by atoms with Gasteiger partial charge < -0.3 is 9.47 Å². The maximum Gasteiger partial charge on any atom is 0.338 e. The molecule has 142 valence electrons. The van der Waals surface area contributed by atoms with E-state index in [2.05, 4.69) is 13.8 Å². The summed E-state index contributed by atoms with van der Waals surface area (Å²) in [4.78, 5) is 14.7. The maximum atomic E-state index is 13.7. The Hall–Kier alpha value is -1.53. The van der Waals surface area contributed by atoms with E-state index in [0.29, 0.717) is 11.6 Å². The Bertz CT molecular complexity index is 883. The molecule has 1 amide bonds. The summed E-state index contributed by atoms with van der Waals surface area (Å²) in [5.41, 5.74) is 1.91. The molecule has 0 spiro atoms. The first-order valence-corrected chi connectivity index (χ1v) is 10.3. The molecule has 6 heteroatoms. The lowest BCUT2D eigenvalue weighted by molar-refractivity contribution is -0.128. The predicted molar refractivity (Wildman–Crippen MR) is 109 cm³/mol. The lowest BCUT2D eigenvalue weighted by atomic mass is 9.98. The number of hydrogen-bond donors (Lipinski definition) is 0. The number of benzene rings is 2. The molecular weight excluding hydrogens is 382 g/mol.